The van der Waals surface area contributed by atoms with Crippen molar-refractivity contribution in [3.8, 4) is 0 Å². The van der Waals surface area contributed by atoms with Gasteiger partial charge in [0.2, 0.25) is 0 Å². The quantitative estimate of drug-likeness (QED) is 0.277. The second-order valence-corrected chi connectivity index (χ2v) is 5.28. The summed E-state index contributed by atoms with van der Waals surface area (Å²) in [5.41, 5.74) is 2.00. The van der Waals surface area contributed by atoms with E-state index in [1.54, 1.807) is 0 Å². The van der Waals surface area contributed by atoms with Gasteiger partial charge in [-0.15, -0.1) is 0 Å². The fourth-order valence-corrected chi connectivity index (χ4v) is 2.16. The minimum atomic E-state index is -0.450. The highest BCUT2D eigenvalue weighted by atomic mass is 16.5. The van der Waals surface area contributed by atoms with Gasteiger partial charge in [0, 0.05) is 0 Å². The Bertz CT molecular complexity index is 491. The van der Waals surface area contributed by atoms with E-state index in [1.165, 1.54) is 7.11 Å². The van der Waals surface area contributed by atoms with Crippen LogP contribution in [-0.4, -0.2) is 19.2 Å². The highest BCUT2D eigenvalue weighted by Gasteiger charge is 2.20. The molecule has 120 valence electrons. The van der Waals surface area contributed by atoms with Crippen molar-refractivity contribution < 1.29 is 14.3 Å². The Morgan fingerprint density at radius 1 is 1.18 bits per heavy atom. The van der Waals surface area contributed by atoms with Gasteiger partial charge < -0.3 is 9.47 Å². The summed E-state index contributed by atoms with van der Waals surface area (Å²) < 4.78 is 10.7. The van der Waals surface area contributed by atoms with Gasteiger partial charge in [-0.1, -0.05) is 69.7 Å². The summed E-state index contributed by atoms with van der Waals surface area (Å²) in [4.78, 5) is 11.6. The number of hydrogen-bond donors (Lipinski definition) is 0. The summed E-state index contributed by atoms with van der Waals surface area (Å²) in [5, 5.41) is 0. The summed E-state index contributed by atoms with van der Waals surface area (Å²) in [6.07, 6.45) is 3.91. The summed E-state index contributed by atoms with van der Waals surface area (Å²) >= 11 is 0. The molecule has 0 bridgehead atoms. The molecule has 3 nitrogen and oxygen atoms in total. The Hall–Kier alpha value is -1.87. The van der Waals surface area contributed by atoms with Gasteiger partial charge in [0.25, 0.3) is 0 Å². The summed E-state index contributed by atoms with van der Waals surface area (Å²) in [6.45, 7) is 10.4. The Morgan fingerprint density at radius 3 is 2.45 bits per heavy atom. The van der Waals surface area contributed by atoms with Crippen molar-refractivity contribution in [1.82, 2.24) is 0 Å². The molecule has 22 heavy (non-hydrogen) atoms. The average molecular weight is 302 g/mol. The Balaban J connectivity index is 2.68. The molecule has 0 radical (unpaired) electrons. The maximum atomic E-state index is 11.6. The van der Waals surface area contributed by atoms with Crippen LogP contribution in [0.2, 0.25) is 0 Å². The van der Waals surface area contributed by atoms with E-state index in [0.717, 1.165) is 31.2 Å². The largest absolute Gasteiger partial charge is 0.465 e. The van der Waals surface area contributed by atoms with Crippen molar-refractivity contribution in [3.05, 3.63) is 60.2 Å². The molecule has 0 amide bonds. The number of methoxy groups -OCH3 is 1. The molecule has 1 aromatic carbocycles. The number of rotatable bonds is 10. The van der Waals surface area contributed by atoms with E-state index >= 15 is 0 Å². The van der Waals surface area contributed by atoms with Gasteiger partial charge >= 0.3 is 5.97 Å². The van der Waals surface area contributed by atoms with Crippen molar-refractivity contribution in [1.29, 1.82) is 0 Å². The van der Waals surface area contributed by atoms with E-state index in [1.807, 2.05) is 30.3 Å². The Morgan fingerprint density at radius 2 is 1.86 bits per heavy atom. The highest BCUT2D eigenvalue weighted by molar-refractivity contribution is 5.92. The molecular weight excluding hydrogens is 276 g/mol. The number of carbonyl (C=O) groups excluding carboxylic acids is 1. The lowest BCUT2D eigenvalue weighted by Crippen LogP contribution is -2.20. The maximum absolute atomic E-state index is 11.6. The fourth-order valence-electron chi connectivity index (χ4n) is 2.16. The number of benzene rings is 1. The van der Waals surface area contributed by atoms with Gasteiger partial charge in [-0.3, -0.25) is 0 Å². The van der Waals surface area contributed by atoms with Crippen LogP contribution in [0, 0.1) is 0 Å². The molecule has 0 aliphatic heterocycles. The van der Waals surface area contributed by atoms with Crippen LogP contribution in [0.4, 0.5) is 0 Å². The number of hydrogen-bond acceptors (Lipinski definition) is 3. The number of carbonyl (C=O) groups is 1. The zero-order valence-corrected chi connectivity index (χ0v) is 13.6. The van der Waals surface area contributed by atoms with Crippen molar-refractivity contribution in [2.24, 2.45) is 0 Å². The Labute approximate surface area is 133 Å². The van der Waals surface area contributed by atoms with Crippen LogP contribution in [0.25, 0.3) is 0 Å². The zero-order valence-electron chi connectivity index (χ0n) is 13.6. The smallest absolute Gasteiger partial charge is 0.337 e. The molecule has 0 aliphatic rings. The third kappa shape index (κ3) is 5.86. The fraction of sp³-hybridized carbons (Fsp3) is 0.421. The molecule has 0 saturated heterocycles. The van der Waals surface area contributed by atoms with Gasteiger partial charge in [0.15, 0.2) is 0 Å². The lowest BCUT2D eigenvalue weighted by molar-refractivity contribution is -0.136. The van der Waals surface area contributed by atoms with Crippen LogP contribution in [0.1, 0.15) is 38.2 Å². The second kappa shape index (κ2) is 9.96. The molecule has 1 atom stereocenters. The van der Waals surface area contributed by atoms with Gasteiger partial charge in [0.1, 0.15) is 0 Å². The average Bonchev–Trinajstić information content (AvgIpc) is 2.56. The van der Waals surface area contributed by atoms with Gasteiger partial charge in [-0.2, -0.15) is 0 Å². The summed E-state index contributed by atoms with van der Waals surface area (Å²) in [7, 11) is 1.34. The zero-order chi connectivity index (χ0) is 16.4. The van der Waals surface area contributed by atoms with Crippen LogP contribution < -0.4 is 0 Å². The van der Waals surface area contributed by atoms with E-state index in [2.05, 4.69) is 20.1 Å². The molecule has 1 rings (SSSR count). The molecule has 3 heteroatoms. The second-order valence-electron chi connectivity index (χ2n) is 5.28. The van der Waals surface area contributed by atoms with Crippen LogP contribution in [0.3, 0.4) is 0 Å². The van der Waals surface area contributed by atoms with E-state index in [4.69, 9.17) is 9.47 Å². The molecule has 1 unspecified atom stereocenters. The van der Waals surface area contributed by atoms with Crippen molar-refractivity contribution in [3.63, 3.8) is 0 Å². The molecule has 0 aromatic heterocycles. The molecule has 0 heterocycles. The van der Waals surface area contributed by atoms with E-state index < -0.39 is 5.97 Å². The predicted molar refractivity (Wildman–Crippen MR) is 89.5 cm³/mol. The minimum absolute atomic E-state index is 0.210. The van der Waals surface area contributed by atoms with E-state index in [9.17, 15) is 4.79 Å². The van der Waals surface area contributed by atoms with E-state index in [0.29, 0.717) is 12.2 Å². The summed E-state index contributed by atoms with van der Waals surface area (Å²) in [6, 6.07) is 9.96. The minimum Gasteiger partial charge on any atom is -0.465 e. The molecule has 0 spiro atoms. The predicted octanol–water partition coefficient (Wildman–Crippen LogP) is 4.44. The molecule has 0 saturated carbocycles. The lowest BCUT2D eigenvalue weighted by atomic mass is 9.98. The lowest BCUT2D eigenvalue weighted by Gasteiger charge is -2.21. The standard InChI is InChI=1S/C19H26O3/c1-5-6-8-13-18(15(2)16(3)19(20)21-4)22-14-17-11-9-7-10-12-17/h7,9-12,18H,2-3,5-6,8,13-14H2,1,4H3. The van der Waals surface area contributed by atoms with Gasteiger partial charge in [-0.25, -0.2) is 4.79 Å². The van der Waals surface area contributed by atoms with Crippen molar-refractivity contribution in [2.75, 3.05) is 7.11 Å². The first-order valence-corrected chi connectivity index (χ1v) is 7.72. The highest BCUT2D eigenvalue weighted by Crippen LogP contribution is 2.21. The number of esters is 1. The molecule has 0 fully saturated rings. The first-order chi connectivity index (χ1) is 10.6. The van der Waals surface area contributed by atoms with Crippen LogP contribution in [0.5, 0.6) is 0 Å². The van der Waals surface area contributed by atoms with Crippen LogP contribution >= 0.6 is 0 Å². The van der Waals surface area contributed by atoms with E-state index in [-0.39, 0.29) is 11.7 Å². The number of unbranched alkanes of at least 4 members (excludes halogenated alkanes) is 2. The monoisotopic (exact) mass is 302 g/mol. The summed E-state index contributed by atoms with van der Waals surface area (Å²) in [5.74, 6) is -0.450. The van der Waals surface area contributed by atoms with Gasteiger partial charge in [0.05, 0.1) is 25.4 Å². The first-order valence-electron chi connectivity index (χ1n) is 7.72. The third-order valence-corrected chi connectivity index (χ3v) is 3.57. The van der Waals surface area contributed by atoms with Crippen LogP contribution in [0.15, 0.2) is 54.6 Å². The van der Waals surface area contributed by atoms with Crippen molar-refractivity contribution >= 4 is 5.97 Å². The molecule has 0 aliphatic carbocycles. The van der Waals surface area contributed by atoms with Crippen LogP contribution in [-0.2, 0) is 20.9 Å². The molecule has 1 aromatic rings. The Kier molecular flexibility index (Phi) is 8.23. The SMILES string of the molecule is C=C(C(=C)C(CCCCC)OCc1ccccc1)C(=O)OC. The maximum Gasteiger partial charge on any atom is 0.337 e. The normalized spacial score (nSPS) is 11.7. The first kappa shape index (κ1) is 18.2. The molecule has 0 N–H and O–H groups in total. The van der Waals surface area contributed by atoms with Crippen molar-refractivity contribution in [2.45, 2.75) is 45.3 Å². The third-order valence-electron chi connectivity index (χ3n) is 3.57. The topological polar surface area (TPSA) is 35.5 Å². The number of ether oxygens (including phenoxy) is 2. The van der Waals surface area contributed by atoms with Gasteiger partial charge in [-0.05, 0) is 17.6 Å². The molecular formula is C19H26O3.